The molecule has 2 aromatic rings. The SMILES string of the molecule is CCOC(=O)CC1CCC(F)(CCC2c3c(Cl)cccc3-c3cncn32)CC1. The van der Waals surface area contributed by atoms with E-state index >= 15 is 4.39 Å². The van der Waals surface area contributed by atoms with Gasteiger partial charge in [-0.3, -0.25) is 4.79 Å². The van der Waals surface area contributed by atoms with Crippen LogP contribution in [-0.2, 0) is 9.53 Å². The summed E-state index contributed by atoms with van der Waals surface area (Å²) in [6.07, 6.45) is 7.77. The van der Waals surface area contributed by atoms with Crippen molar-refractivity contribution in [2.75, 3.05) is 6.61 Å². The van der Waals surface area contributed by atoms with Crippen LogP contribution in [0.5, 0.6) is 0 Å². The van der Waals surface area contributed by atoms with E-state index in [0.717, 1.165) is 34.7 Å². The van der Waals surface area contributed by atoms with Crippen molar-refractivity contribution < 1.29 is 13.9 Å². The molecule has 0 spiro atoms. The van der Waals surface area contributed by atoms with E-state index in [4.69, 9.17) is 16.3 Å². The average Bonchev–Trinajstić information content (AvgIpc) is 3.25. The maximum absolute atomic E-state index is 15.5. The molecule has 0 saturated heterocycles. The minimum Gasteiger partial charge on any atom is -0.466 e. The number of fused-ring (bicyclic) bond motifs is 3. The van der Waals surface area contributed by atoms with Crippen LogP contribution >= 0.6 is 11.6 Å². The first kappa shape index (κ1) is 19.4. The summed E-state index contributed by atoms with van der Waals surface area (Å²) in [6.45, 7) is 2.21. The molecule has 4 nitrogen and oxygen atoms in total. The summed E-state index contributed by atoms with van der Waals surface area (Å²) in [5.74, 6) is 0.0773. The molecule has 1 atom stereocenters. The molecule has 1 aliphatic carbocycles. The Morgan fingerprint density at radius 1 is 1.39 bits per heavy atom. The highest BCUT2D eigenvalue weighted by Gasteiger charge is 2.38. The van der Waals surface area contributed by atoms with Crippen molar-refractivity contribution in [1.29, 1.82) is 0 Å². The van der Waals surface area contributed by atoms with Gasteiger partial charge in [-0.05, 0) is 57.4 Å². The van der Waals surface area contributed by atoms with E-state index in [0.29, 0.717) is 38.7 Å². The fraction of sp³-hybridized carbons (Fsp3) is 0.545. The van der Waals surface area contributed by atoms with Gasteiger partial charge in [-0.25, -0.2) is 9.37 Å². The molecule has 1 fully saturated rings. The van der Waals surface area contributed by atoms with E-state index < -0.39 is 5.67 Å². The second-order valence-electron chi connectivity index (χ2n) is 8.05. The van der Waals surface area contributed by atoms with Crippen LogP contribution < -0.4 is 0 Å². The monoisotopic (exact) mass is 404 g/mol. The molecule has 1 aliphatic heterocycles. The van der Waals surface area contributed by atoms with Crippen LogP contribution in [0.3, 0.4) is 0 Å². The highest BCUT2D eigenvalue weighted by molar-refractivity contribution is 6.32. The lowest BCUT2D eigenvalue weighted by molar-refractivity contribution is -0.144. The van der Waals surface area contributed by atoms with Gasteiger partial charge in [-0.2, -0.15) is 0 Å². The van der Waals surface area contributed by atoms with Gasteiger partial charge in [-0.15, -0.1) is 0 Å². The molecular weight excluding hydrogens is 379 g/mol. The summed E-state index contributed by atoms with van der Waals surface area (Å²) in [5.41, 5.74) is 2.06. The molecule has 2 heterocycles. The van der Waals surface area contributed by atoms with Crippen LogP contribution in [0.1, 0.15) is 63.5 Å². The van der Waals surface area contributed by atoms with Gasteiger partial charge >= 0.3 is 5.97 Å². The van der Waals surface area contributed by atoms with Gasteiger partial charge in [0.1, 0.15) is 5.67 Å². The summed E-state index contributed by atoms with van der Waals surface area (Å²) >= 11 is 6.49. The summed E-state index contributed by atoms with van der Waals surface area (Å²) in [6, 6.07) is 5.94. The van der Waals surface area contributed by atoms with Gasteiger partial charge in [0.15, 0.2) is 0 Å². The van der Waals surface area contributed by atoms with Crippen molar-refractivity contribution >= 4 is 17.6 Å². The number of hydrogen-bond donors (Lipinski definition) is 0. The summed E-state index contributed by atoms with van der Waals surface area (Å²) in [5, 5.41) is 0.734. The number of ether oxygens (including phenoxy) is 1. The Bertz CT molecular complexity index is 858. The lowest BCUT2D eigenvalue weighted by Crippen LogP contribution is -2.31. The van der Waals surface area contributed by atoms with Gasteiger partial charge in [0, 0.05) is 22.6 Å². The van der Waals surface area contributed by atoms with E-state index in [1.807, 2.05) is 31.6 Å². The molecule has 4 rings (SSSR count). The number of esters is 1. The fourth-order valence-electron chi connectivity index (χ4n) is 4.78. The van der Waals surface area contributed by atoms with E-state index in [2.05, 4.69) is 15.6 Å². The van der Waals surface area contributed by atoms with Gasteiger partial charge in [0.2, 0.25) is 0 Å². The molecular formula is C22H26ClFN2O2. The van der Waals surface area contributed by atoms with Crippen LogP contribution in [0.15, 0.2) is 30.7 Å². The standard InChI is InChI=1S/C22H26ClFN2O2/c1-2-28-20(27)12-15-6-9-22(24,10-7-15)11-8-18-21-16(4-3-5-17(21)23)19-13-25-14-26(18)19/h3-5,13-15,18H,2,6-12H2,1H3. The fourth-order valence-corrected chi connectivity index (χ4v) is 5.08. The molecule has 0 radical (unpaired) electrons. The zero-order chi connectivity index (χ0) is 19.7. The Hall–Kier alpha value is -1.88. The predicted molar refractivity (Wildman–Crippen MR) is 107 cm³/mol. The smallest absolute Gasteiger partial charge is 0.306 e. The molecule has 28 heavy (non-hydrogen) atoms. The molecule has 0 N–H and O–H groups in total. The van der Waals surface area contributed by atoms with Crippen molar-refractivity contribution in [3.8, 4) is 11.3 Å². The van der Waals surface area contributed by atoms with Gasteiger partial charge in [-0.1, -0.05) is 23.7 Å². The minimum atomic E-state index is -1.17. The van der Waals surface area contributed by atoms with E-state index in [1.165, 1.54) is 0 Å². The Labute approximate surface area is 170 Å². The Morgan fingerprint density at radius 2 is 2.18 bits per heavy atom. The topological polar surface area (TPSA) is 44.1 Å². The number of nitrogens with zero attached hydrogens (tertiary/aromatic N) is 2. The molecule has 1 unspecified atom stereocenters. The number of benzene rings is 1. The lowest BCUT2D eigenvalue weighted by atomic mass is 9.76. The summed E-state index contributed by atoms with van der Waals surface area (Å²) in [4.78, 5) is 15.9. The predicted octanol–water partition coefficient (Wildman–Crippen LogP) is 5.74. The molecule has 2 aliphatic rings. The number of carbonyl (C=O) groups is 1. The normalized spacial score (nSPS) is 26.0. The number of hydrogen-bond acceptors (Lipinski definition) is 3. The van der Waals surface area contributed by atoms with Crippen LogP contribution in [0.2, 0.25) is 5.02 Å². The van der Waals surface area contributed by atoms with Gasteiger partial charge in [0.05, 0.1) is 30.9 Å². The largest absolute Gasteiger partial charge is 0.466 e. The highest BCUT2D eigenvalue weighted by Crippen LogP contribution is 2.47. The van der Waals surface area contributed by atoms with Crippen LogP contribution in [0.25, 0.3) is 11.3 Å². The zero-order valence-electron chi connectivity index (χ0n) is 16.2. The maximum Gasteiger partial charge on any atom is 0.306 e. The zero-order valence-corrected chi connectivity index (χ0v) is 16.9. The summed E-state index contributed by atoms with van der Waals surface area (Å²) in [7, 11) is 0. The molecule has 0 bridgehead atoms. The van der Waals surface area contributed by atoms with Crippen molar-refractivity contribution in [2.24, 2.45) is 5.92 Å². The maximum atomic E-state index is 15.5. The molecule has 1 aromatic heterocycles. The first-order valence-corrected chi connectivity index (χ1v) is 10.5. The van der Waals surface area contributed by atoms with Gasteiger partial charge in [0.25, 0.3) is 0 Å². The average molecular weight is 405 g/mol. The van der Waals surface area contributed by atoms with Crippen LogP contribution in [0, 0.1) is 5.92 Å². The Morgan fingerprint density at radius 3 is 2.93 bits per heavy atom. The minimum absolute atomic E-state index is 0.0334. The number of aromatic nitrogens is 2. The lowest BCUT2D eigenvalue weighted by Gasteiger charge is -2.34. The molecule has 1 aromatic carbocycles. The molecule has 1 saturated carbocycles. The third-order valence-corrected chi connectivity index (χ3v) is 6.62. The molecule has 6 heteroatoms. The quantitative estimate of drug-likeness (QED) is 0.577. The second kappa shape index (κ2) is 7.86. The number of halogens is 2. The first-order valence-electron chi connectivity index (χ1n) is 10.2. The Kier molecular flexibility index (Phi) is 5.46. The molecule has 150 valence electrons. The van der Waals surface area contributed by atoms with Gasteiger partial charge < -0.3 is 9.30 Å². The first-order chi connectivity index (χ1) is 13.5. The van der Waals surface area contributed by atoms with Crippen molar-refractivity contribution in [1.82, 2.24) is 9.55 Å². The van der Waals surface area contributed by atoms with Crippen LogP contribution in [0.4, 0.5) is 4.39 Å². The summed E-state index contributed by atoms with van der Waals surface area (Å²) < 4.78 is 22.6. The Balaban J connectivity index is 1.40. The van der Waals surface area contributed by atoms with E-state index in [9.17, 15) is 4.79 Å². The van der Waals surface area contributed by atoms with Crippen molar-refractivity contribution in [2.45, 2.75) is 63.6 Å². The van der Waals surface area contributed by atoms with Crippen molar-refractivity contribution in [3.63, 3.8) is 0 Å². The number of rotatable bonds is 6. The van der Waals surface area contributed by atoms with Crippen molar-refractivity contribution in [3.05, 3.63) is 41.3 Å². The third-order valence-electron chi connectivity index (χ3n) is 6.29. The van der Waals surface area contributed by atoms with Crippen LogP contribution in [-0.4, -0.2) is 27.8 Å². The second-order valence-corrected chi connectivity index (χ2v) is 8.45. The highest BCUT2D eigenvalue weighted by atomic mass is 35.5. The molecule has 0 amide bonds. The van der Waals surface area contributed by atoms with E-state index in [-0.39, 0.29) is 17.9 Å². The number of carbonyl (C=O) groups excluding carboxylic acids is 1. The van der Waals surface area contributed by atoms with E-state index in [1.54, 1.807) is 0 Å². The third kappa shape index (κ3) is 3.69. The number of imidazole rings is 1. The number of alkyl halides is 1.